The first-order chi connectivity index (χ1) is 6.06. The zero-order chi connectivity index (χ0) is 9.64. The SMILES string of the molecule is O=C(O)C1=C[C@H]2CC[C@]1(C(=O)O)C2. The number of allylic oxidation sites excluding steroid dienone is 1. The van der Waals surface area contributed by atoms with E-state index in [4.69, 9.17) is 10.2 Å². The van der Waals surface area contributed by atoms with Gasteiger partial charge in [0, 0.05) is 0 Å². The number of hydrogen-bond donors (Lipinski definition) is 2. The van der Waals surface area contributed by atoms with Crippen LogP contribution in [0.5, 0.6) is 0 Å². The average Bonchev–Trinajstić information content (AvgIpc) is 2.60. The normalized spacial score (nSPS) is 36.0. The maximum absolute atomic E-state index is 11.0. The van der Waals surface area contributed by atoms with Crippen LogP contribution in [-0.4, -0.2) is 22.2 Å². The summed E-state index contributed by atoms with van der Waals surface area (Å²) in [6.45, 7) is 0. The van der Waals surface area contributed by atoms with E-state index in [0.29, 0.717) is 12.8 Å². The maximum atomic E-state index is 11.0. The van der Waals surface area contributed by atoms with E-state index in [9.17, 15) is 9.59 Å². The molecule has 2 N–H and O–H groups in total. The van der Waals surface area contributed by atoms with Gasteiger partial charge in [-0.05, 0) is 25.2 Å². The Morgan fingerprint density at radius 2 is 2.15 bits per heavy atom. The van der Waals surface area contributed by atoms with Gasteiger partial charge in [0.05, 0.1) is 5.57 Å². The van der Waals surface area contributed by atoms with Crippen LogP contribution in [0, 0.1) is 11.3 Å². The van der Waals surface area contributed by atoms with E-state index in [1.807, 2.05) is 0 Å². The number of carbonyl (C=O) groups is 2. The van der Waals surface area contributed by atoms with Gasteiger partial charge < -0.3 is 10.2 Å². The summed E-state index contributed by atoms with van der Waals surface area (Å²) in [7, 11) is 0. The average molecular weight is 182 g/mol. The second kappa shape index (κ2) is 2.34. The van der Waals surface area contributed by atoms with Crippen LogP contribution in [0.3, 0.4) is 0 Å². The number of carboxylic acids is 2. The van der Waals surface area contributed by atoms with E-state index < -0.39 is 17.4 Å². The molecule has 2 bridgehead atoms. The van der Waals surface area contributed by atoms with E-state index in [1.165, 1.54) is 0 Å². The Morgan fingerprint density at radius 3 is 2.54 bits per heavy atom. The van der Waals surface area contributed by atoms with Crippen LogP contribution >= 0.6 is 0 Å². The molecule has 2 aliphatic rings. The molecular formula is C9H10O4. The van der Waals surface area contributed by atoms with Gasteiger partial charge in [-0.2, -0.15) is 0 Å². The third-order valence-electron chi connectivity index (χ3n) is 3.11. The molecule has 4 heteroatoms. The van der Waals surface area contributed by atoms with Crippen LogP contribution in [0.2, 0.25) is 0 Å². The van der Waals surface area contributed by atoms with Crippen molar-refractivity contribution in [3.63, 3.8) is 0 Å². The molecule has 0 radical (unpaired) electrons. The minimum atomic E-state index is -1.08. The third kappa shape index (κ3) is 0.913. The fourth-order valence-corrected chi connectivity index (χ4v) is 2.45. The van der Waals surface area contributed by atoms with Crippen molar-refractivity contribution >= 4 is 11.9 Å². The van der Waals surface area contributed by atoms with E-state index in [2.05, 4.69) is 0 Å². The molecule has 0 aromatic heterocycles. The Bertz CT molecular complexity index is 318. The minimum absolute atomic E-state index is 0.0938. The molecular weight excluding hydrogens is 172 g/mol. The van der Waals surface area contributed by atoms with Gasteiger partial charge in [-0.3, -0.25) is 4.79 Å². The van der Waals surface area contributed by atoms with E-state index in [-0.39, 0.29) is 11.5 Å². The first kappa shape index (κ1) is 8.29. The molecule has 1 saturated carbocycles. The second-order valence-corrected chi connectivity index (χ2v) is 3.78. The van der Waals surface area contributed by atoms with Crippen LogP contribution in [0.1, 0.15) is 19.3 Å². The second-order valence-electron chi connectivity index (χ2n) is 3.78. The summed E-state index contributed by atoms with van der Waals surface area (Å²) in [5, 5.41) is 17.8. The number of hydrogen-bond acceptors (Lipinski definition) is 2. The van der Waals surface area contributed by atoms with Crippen molar-refractivity contribution in [1.82, 2.24) is 0 Å². The molecule has 0 heterocycles. The summed E-state index contributed by atoms with van der Waals surface area (Å²) < 4.78 is 0. The van der Waals surface area contributed by atoms with Crippen LogP contribution in [0.15, 0.2) is 11.6 Å². The van der Waals surface area contributed by atoms with Crippen molar-refractivity contribution in [2.75, 3.05) is 0 Å². The molecule has 0 amide bonds. The van der Waals surface area contributed by atoms with Crippen molar-refractivity contribution in [2.45, 2.75) is 19.3 Å². The molecule has 13 heavy (non-hydrogen) atoms. The van der Waals surface area contributed by atoms with Gasteiger partial charge in [0.15, 0.2) is 0 Å². The van der Waals surface area contributed by atoms with E-state index in [1.54, 1.807) is 6.08 Å². The molecule has 70 valence electrons. The Morgan fingerprint density at radius 1 is 1.46 bits per heavy atom. The minimum Gasteiger partial charge on any atom is -0.481 e. The molecule has 0 aromatic carbocycles. The van der Waals surface area contributed by atoms with Crippen LogP contribution < -0.4 is 0 Å². The monoisotopic (exact) mass is 182 g/mol. The van der Waals surface area contributed by atoms with E-state index >= 15 is 0 Å². The number of rotatable bonds is 2. The third-order valence-corrected chi connectivity index (χ3v) is 3.11. The van der Waals surface area contributed by atoms with Gasteiger partial charge in [-0.15, -0.1) is 0 Å². The highest BCUT2D eigenvalue weighted by atomic mass is 16.4. The molecule has 0 saturated heterocycles. The zero-order valence-electron chi connectivity index (χ0n) is 6.99. The Kier molecular flexibility index (Phi) is 1.49. The topological polar surface area (TPSA) is 74.6 Å². The molecule has 1 fully saturated rings. The molecule has 2 rings (SSSR count). The van der Waals surface area contributed by atoms with Crippen LogP contribution in [0.25, 0.3) is 0 Å². The quantitative estimate of drug-likeness (QED) is 0.664. The predicted octanol–water partition coefficient (Wildman–Crippen LogP) is 0.882. The summed E-state index contributed by atoms with van der Waals surface area (Å²) in [5.74, 6) is -1.90. The standard InChI is InChI=1S/C9H10O4/c10-7(11)6-3-5-1-2-9(6,4-5)8(12)13/h3,5H,1-2,4H2,(H,10,11)(H,12,13)/t5-,9+/m1/s1. The first-order valence-corrected chi connectivity index (χ1v) is 4.25. The van der Waals surface area contributed by atoms with Gasteiger partial charge in [0.2, 0.25) is 0 Å². The lowest BCUT2D eigenvalue weighted by Gasteiger charge is -2.21. The van der Waals surface area contributed by atoms with Crippen molar-refractivity contribution in [3.8, 4) is 0 Å². The highest BCUT2D eigenvalue weighted by Crippen LogP contribution is 2.53. The van der Waals surface area contributed by atoms with Crippen molar-refractivity contribution in [1.29, 1.82) is 0 Å². The Labute approximate surface area is 74.9 Å². The lowest BCUT2D eigenvalue weighted by atomic mass is 9.80. The van der Waals surface area contributed by atoms with Crippen molar-refractivity contribution in [3.05, 3.63) is 11.6 Å². The fourth-order valence-electron chi connectivity index (χ4n) is 2.45. The largest absolute Gasteiger partial charge is 0.481 e. The summed E-state index contributed by atoms with van der Waals surface area (Å²) >= 11 is 0. The Balaban J connectivity index is 2.44. The fraction of sp³-hybridized carbons (Fsp3) is 0.556. The first-order valence-electron chi connectivity index (χ1n) is 4.25. The predicted molar refractivity (Wildman–Crippen MR) is 43.1 cm³/mol. The number of aliphatic carboxylic acids is 2. The maximum Gasteiger partial charge on any atom is 0.332 e. The summed E-state index contributed by atoms with van der Waals surface area (Å²) in [5.41, 5.74) is -0.979. The van der Waals surface area contributed by atoms with E-state index in [0.717, 1.165) is 6.42 Å². The molecule has 0 unspecified atom stereocenters. The van der Waals surface area contributed by atoms with Gasteiger partial charge in [0.1, 0.15) is 5.41 Å². The zero-order valence-corrected chi connectivity index (χ0v) is 6.99. The molecule has 0 aromatic rings. The number of carboxylic acid groups (broad SMARTS) is 2. The molecule has 0 spiro atoms. The molecule has 0 aliphatic heterocycles. The number of fused-ring (bicyclic) bond motifs is 2. The summed E-state index contributed by atoms with van der Waals surface area (Å²) in [4.78, 5) is 21.8. The van der Waals surface area contributed by atoms with Crippen LogP contribution in [-0.2, 0) is 9.59 Å². The van der Waals surface area contributed by atoms with Crippen LogP contribution in [0.4, 0.5) is 0 Å². The smallest absolute Gasteiger partial charge is 0.332 e. The molecule has 2 aliphatic carbocycles. The molecule has 2 atom stereocenters. The van der Waals surface area contributed by atoms with Gasteiger partial charge >= 0.3 is 11.9 Å². The summed E-state index contributed by atoms with van der Waals surface area (Å²) in [6, 6.07) is 0. The van der Waals surface area contributed by atoms with Crippen molar-refractivity contribution < 1.29 is 19.8 Å². The van der Waals surface area contributed by atoms with Crippen molar-refractivity contribution in [2.24, 2.45) is 11.3 Å². The lowest BCUT2D eigenvalue weighted by Crippen LogP contribution is -2.32. The highest BCUT2D eigenvalue weighted by Gasteiger charge is 2.54. The summed E-state index contributed by atoms with van der Waals surface area (Å²) in [6.07, 6.45) is 3.37. The van der Waals surface area contributed by atoms with Gasteiger partial charge in [-0.1, -0.05) is 6.08 Å². The Hall–Kier alpha value is -1.32. The van der Waals surface area contributed by atoms with Gasteiger partial charge in [0.25, 0.3) is 0 Å². The lowest BCUT2D eigenvalue weighted by molar-refractivity contribution is -0.149. The highest BCUT2D eigenvalue weighted by molar-refractivity contribution is 5.98. The van der Waals surface area contributed by atoms with Gasteiger partial charge in [-0.25, -0.2) is 4.79 Å². The molecule has 4 nitrogen and oxygen atoms in total.